The standard InChI is InChI=1S/C12H12N2O4S/c13-10-4-1-8(2-5-10)9-3-6-11(14)12(7-9)18-19(15,16)17/h1-7H,13-14H2,(H,15,16,17). The first-order chi connectivity index (χ1) is 8.85. The van der Waals surface area contributed by atoms with Gasteiger partial charge in [-0.25, -0.2) is 0 Å². The van der Waals surface area contributed by atoms with Crippen LogP contribution in [0.1, 0.15) is 0 Å². The molecule has 0 spiro atoms. The Morgan fingerprint density at radius 3 is 2.11 bits per heavy atom. The smallest absolute Gasteiger partial charge is 0.399 e. The molecule has 0 aliphatic rings. The maximum Gasteiger partial charge on any atom is 0.446 e. The molecule has 0 saturated carbocycles. The second kappa shape index (κ2) is 4.79. The molecule has 0 amide bonds. The average Bonchev–Trinajstić information content (AvgIpc) is 2.31. The van der Waals surface area contributed by atoms with E-state index in [4.69, 9.17) is 16.0 Å². The van der Waals surface area contributed by atoms with E-state index in [9.17, 15) is 8.42 Å². The van der Waals surface area contributed by atoms with Crippen LogP contribution in [0.25, 0.3) is 11.1 Å². The predicted octanol–water partition coefficient (Wildman–Crippen LogP) is 1.70. The highest BCUT2D eigenvalue weighted by atomic mass is 32.3. The molecule has 0 saturated heterocycles. The van der Waals surface area contributed by atoms with Gasteiger partial charge in [0.25, 0.3) is 0 Å². The predicted molar refractivity (Wildman–Crippen MR) is 72.9 cm³/mol. The summed E-state index contributed by atoms with van der Waals surface area (Å²) in [7, 11) is -4.61. The van der Waals surface area contributed by atoms with Gasteiger partial charge in [-0.15, -0.1) is 0 Å². The van der Waals surface area contributed by atoms with Gasteiger partial charge in [0, 0.05) is 5.69 Å². The van der Waals surface area contributed by atoms with Gasteiger partial charge in [0.1, 0.15) is 0 Å². The van der Waals surface area contributed by atoms with Crippen molar-refractivity contribution in [3.63, 3.8) is 0 Å². The molecule has 19 heavy (non-hydrogen) atoms. The lowest BCUT2D eigenvalue weighted by Gasteiger charge is -2.08. The van der Waals surface area contributed by atoms with Crippen LogP contribution in [0.5, 0.6) is 5.75 Å². The third-order valence-corrected chi connectivity index (χ3v) is 2.84. The zero-order valence-corrected chi connectivity index (χ0v) is 10.6. The maximum atomic E-state index is 10.7. The van der Waals surface area contributed by atoms with Crippen molar-refractivity contribution >= 4 is 21.8 Å². The van der Waals surface area contributed by atoms with Crippen molar-refractivity contribution in [1.29, 1.82) is 0 Å². The van der Waals surface area contributed by atoms with Crippen LogP contribution in [-0.2, 0) is 10.4 Å². The zero-order chi connectivity index (χ0) is 14.0. The average molecular weight is 280 g/mol. The Balaban J connectivity index is 2.43. The number of nitrogens with two attached hydrogens (primary N) is 2. The molecule has 0 atom stereocenters. The fourth-order valence-corrected chi connectivity index (χ4v) is 1.95. The highest BCUT2D eigenvalue weighted by Gasteiger charge is 2.11. The molecular weight excluding hydrogens is 268 g/mol. The Hall–Kier alpha value is -2.25. The summed E-state index contributed by atoms with van der Waals surface area (Å²) in [6, 6.07) is 11.6. The maximum absolute atomic E-state index is 10.7. The molecule has 0 aromatic heterocycles. The summed E-state index contributed by atoms with van der Waals surface area (Å²) >= 11 is 0. The van der Waals surface area contributed by atoms with E-state index in [1.165, 1.54) is 12.1 Å². The molecule has 0 aliphatic carbocycles. The van der Waals surface area contributed by atoms with Gasteiger partial charge in [-0.05, 0) is 35.4 Å². The highest BCUT2D eigenvalue weighted by molar-refractivity contribution is 7.81. The fraction of sp³-hybridized carbons (Fsp3) is 0. The number of rotatable bonds is 3. The second-order valence-corrected chi connectivity index (χ2v) is 4.91. The minimum Gasteiger partial charge on any atom is -0.399 e. The lowest BCUT2D eigenvalue weighted by Crippen LogP contribution is -2.08. The molecule has 6 nitrogen and oxygen atoms in total. The van der Waals surface area contributed by atoms with Crippen LogP contribution in [0.3, 0.4) is 0 Å². The Morgan fingerprint density at radius 1 is 0.947 bits per heavy atom. The molecule has 0 heterocycles. The van der Waals surface area contributed by atoms with E-state index >= 15 is 0 Å². The quantitative estimate of drug-likeness (QED) is 0.582. The lowest BCUT2D eigenvalue weighted by atomic mass is 10.0. The number of benzene rings is 2. The van der Waals surface area contributed by atoms with Gasteiger partial charge in [0.15, 0.2) is 5.75 Å². The van der Waals surface area contributed by atoms with Crippen LogP contribution in [0.4, 0.5) is 11.4 Å². The minimum atomic E-state index is -4.61. The van der Waals surface area contributed by atoms with Gasteiger partial charge in [-0.2, -0.15) is 8.42 Å². The van der Waals surface area contributed by atoms with Gasteiger partial charge in [0.2, 0.25) is 0 Å². The summed E-state index contributed by atoms with van der Waals surface area (Å²) in [4.78, 5) is 0. The fourth-order valence-electron chi connectivity index (χ4n) is 1.58. The molecule has 0 radical (unpaired) electrons. The third-order valence-electron chi connectivity index (χ3n) is 2.45. The Kier molecular flexibility index (Phi) is 3.32. The van der Waals surface area contributed by atoms with Gasteiger partial charge in [0.05, 0.1) is 5.69 Å². The molecule has 2 aromatic carbocycles. The van der Waals surface area contributed by atoms with Crippen molar-refractivity contribution in [2.45, 2.75) is 0 Å². The second-order valence-electron chi connectivity index (χ2n) is 3.89. The number of nitrogen functional groups attached to an aromatic ring is 2. The van der Waals surface area contributed by atoms with Gasteiger partial charge in [-0.1, -0.05) is 18.2 Å². The SMILES string of the molecule is Nc1ccc(-c2ccc(N)c(OS(=O)(=O)O)c2)cc1. The first kappa shape index (κ1) is 13.2. The van der Waals surface area contributed by atoms with E-state index in [0.717, 1.165) is 5.56 Å². The highest BCUT2D eigenvalue weighted by Crippen LogP contribution is 2.30. The number of hydrogen-bond acceptors (Lipinski definition) is 5. The summed E-state index contributed by atoms with van der Waals surface area (Å²) in [5, 5.41) is 0. The van der Waals surface area contributed by atoms with Crippen molar-refractivity contribution in [3.8, 4) is 16.9 Å². The van der Waals surface area contributed by atoms with Crippen molar-refractivity contribution in [3.05, 3.63) is 42.5 Å². The van der Waals surface area contributed by atoms with Crippen LogP contribution in [0.15, 0.2) is 42.5 Å². The molecule has 100 valence electrons. The van der Waals surface area contributed by atoms with Gasteiger partial charge >= 0.3 is 10.4 Å². The zero-order valence-electron chi connectivity index (χ0n) is 9.78. The Bertz CT molecular complexity index is 696. The van der Waals surface area contributed by atoms with Crippen LogP contribution in [-0.4, -0.2) is 13.0 Å². The van der Waals surface area contributed by atoms with E-state index < -0.39 is 10.4 Å². The third kappa shape index (κ3) is 3.36. The van der Waals surface area contributed by atoms with E-state index in [2.05, 4.69) is 4.18 Å². The Morgan fingerprint density at radius 2 is 1.53 bits per heavy atom. The van der Waals surface area contributed by atoms with Crippen LogP contribution in [0.2, 0.25) is 0 Å². The summed E-state index contributed by atoms with van der Waals surface area (Å²) in [6.45, 7) is 0. The molecule has 0 unspecified atom stereocenters. The summed E-state index contributed by atoms with van der Waals surface area (Å²) in [5.74, 6) is -0.128. The molecular formula is C12H12N2O4S. The van der Waals surface area contributed by atoms with E-state index in [1.54, 1.807) is 30.3 Å². The van der Waals surface area contributed by atoms with Crippen LogP contribution >= 0.6 is 0 Å². The molecule has 5 N–H and O–H groups in total. The molecule has 2 rings (SSSR count). The molecule has 2 aromatic rings. The normalized spacial score (nSPS) is 11.2. The summed E-state index contributed by atoms with van der Waals surface area (Å²) in [6.07, 6.45) is 0. The van der Waals surface area contributed by atoms with Crippen molar-refractivity contribution in [1.82, 2.24) is 0 Å². The van der Waals surface area contributed by atoms with Gasteiger partial charge in [-0.3, -0.25) is 4.55 Å². The summed E-state index contributed by atoms with van der Waals surface area (Å²) in [5.41, 5.74) is 13.4. The molecule has 0 aliphatic heterocycles. The van der Waals surface area contributed by atoms with Crippen molar-refractivity contribution < 1.29 is 17.2 Å². The van der Waals surface area contributed by atoms with E-state index in [1.807, 2.05) is 0 Å². The topological polar surface area (TPSA) is 116 Å². The molecule has 0 bridgehead atoms. The minimum absolute atomic E-state index is 0.108. The van der Waals surface area contributed by atoms with E-state index in [-0.39, 0.29) is 11.4 Å². The summed E-state index contributed by atoms with van der Waals surface area (Å²) < 4.78 is 34.5. The van der Waals surface area contributed by atoms with E-state index in [0.29, 0.717) is 11.3 Å². The largest absolute Gasteiger partial charge is 0.446 e. The lowest BCUT2D eigenvalue weighted by molar-refractivity contribution is 0.387. The van der Waals surface area contributed by atoms with Crippen molar-refractivity contribution in [2.24, 2.45) is 0 Å². The first-order valence-corrected chi connectivity index (χ1v) is 6.64. The number of anilines is 2. The van der Waals surface area contributed by atoms with Crippen LogP contribution < -0.4 is 15.7 Å². The first-order valence-electron chi connectivity index (χ1n) is 5.27. The Labute approximate surface area is 110 Å². The molecule has 0 fully saturated rings. The van der Waals surface area contributed by atoms with Crippen LogP contribution in [0, 0.1) is 0 Å². The van der Waals surface area contributed by atoms with Gasteiger partial charge < -0.3 is 15.7 Å². The van der Waals surface area contributed by atoms with Crippen molar-refractivity contribution in [2.75, 3.05) is 11.5 Å². The molecule has 7 heteroatoms. The number of hydrogen-bond donors (Lipinski definition) is 3. The monoisotopic (exact) mass is 280 g/mol.